The molecule has 0 aliphatic carbocycles. The van der Waals surface area contributed by atoms with Crippen LogP contribution in [-0.4, -0.2) is 27.6 Å². The molecule has 30 heavy (non-hydrogen) atoms. The second-order valence-corrected chi connectivity index (χ2v) is 6.61. The van der Waals surface area contributed by atoms with Gasteiger partial charge in [-0.25, -0.2) is 13.8 Å². The molecule has 0 saturated carbocycles. The fraction of sp³-hybridized carbons (Fsp3) is 0.100. The Balaban J connectivity index is 1.48. The van der Waals surface area contributed by atoms with Crippen molar-refractivity contribution in [3.63, 3.8) is 0 Å². The first-order chi connectivity index (χ1) is 14.5. The number of hydrogen-bond donors (Lipinski definition) is 1. The zero-order valence-electron chi connectivity index (χ0n) is 15.2. The van der Waals surface area contributed by atoms with Gasteiger partial charge in [0.15, 0.2) is 6.61 Å². The van der Waals surface area contributed by atoms with Crippen LogP contribution in [0.1, 0.15) is 5.56 Å². The highest BCUT2D eigenvalue weighted by Crippen LogP contribution is 2.32. The van der Waals surface area contributed by atoms with E-state index in [1.807, 2.05) is 0 Å². The molecular weight excluding hydrogens is 418 g/mol. The van der Waals surface area contributed by atoms with Crippen LogP contribution in [0.2, 0.25) is 5.02 Å². The number of carbonyl (C=O) groups excluding carboxylic acids is 1. The molecule has 7 nitrogen and oxygen atoms in total. The molecule has 0 atom stereocenters. The van der Waals surface area contributed by atoms with Gasteiger partial charge in [-0.3, -0.25) is 4.79 Å². The van der Waals surface area contributed by atoms with E-state index in [1.165, 1.54) is 36.7 Å². The lowest BCUT2D eigenvalue weighted by Crippen LogP contribution is -2.28. The van der Waals surface area contributed by atoms with Gasteiger partial charge < -0.3 is 14.6 Å². The minimum Gasteiger partial charge on any atom is -0.467 e. The zero-order chi connectivity index (χ0) is 21.1. The number of benzene rings is 2. The van der Waals surface area contributed by atoms with E-state index in [0.717, 1.165) is 6.07 Å². The lowest BCUT2D eigenvalue weighted by Gasteiger charge is -2.09. The fourth-order valence-corrected chi connectivity index (χ4v) is 2.98. The van der Waals surface area contributed by atoms with E-state index in [1.54, 1.807) is 6.07 Å². The molecule has 1 amide bonds. The summed E-state index contributed by atoms with van der Waals surface area (Å²) in [5, 5.41) is 7.06. The first kappa shape index (κ1) is 19.7. The van der Waals surface area contributed by atoms with Crippen LogP contribution in [0.4, 0.5) is 8.78 Å². The number of ether oxygens (including phenoxy) is 1. The smallest absolute Gasteiger partial charge is 0.265 e. The molecule has 0 aliphatic rings. The number of nitrogens with zero attached hydrogens (tertiary/aromatic N) is 3. The molecule has 0 radical (unpaired) electrons. The normalized spacial score (nSPS) is 10.9. The second-order valence-electron chi connectivity index (χ2n) is 6.20. The number of hydrogen-bond acceptors (Lipinski definition) is 6. The lowest BCUT2D eigenvalue weighted by atomic mass is 10.1. The van der Waals surface area contributed by atoms with E-state index in [-0.39, 0.29) is 29.8 Å². The van der Waals surface area contributed by atoms with E-state index >= 15 is 0 Å². The highest BCUT2D eigenvalue weighted by molar-refractivity contribution is 6.31. The van der Waals surface area contributed by atoms with Crippen molar-refractivity contribution in [1.82, 2.24) is 20.4 Å². The summed E-state index contributed by atoms with van der Waals surface area (Å²) in [6, 6.07) is 9.66. The monoisotopic (exact) mass is 430 g/mol. The summed E-state index contributed by atoms with van der Waals surface area (Å²) in [5.74, 6) is -1.29. The number of nitrogens with one attached hydrogen (secondary N) is 1. The Bertz CT molecular complexity index is 1230. The van der Waals surface area contributed by atoms with Crippen molar-refractivity contribution >= 4 is 28.6 Å². The maximum absolute atomic E-state index is 13.6. The SMILES string of the molecule is O=C(COc1ncnc2onc(-c3cccc(F)c3)c12)NCc1ccc(F)cc1Cl. The predicted molar refractivity (Wildman–Crippen MR) is 104 cm³/mol. The molecule has 2 heterocycles. The van der Waals surface area contributed by atoms with Gasteiger partial charge in [-0.15, -0.1) is 0 Å². The first-order valence-corrected chi connectivity index (χ1v) is 9.09. The Labute approximate surface area is 173 Å². The molecule has 0 bridgehead atoms. The summed E-state index contributed by atoms with van der Waals surface area (Å²) in [7, 11) is 0. The van der Waals surface area contributed by atoms with Crippen LogP contribution >= 0.6 is 11.6 Å². The van der Waals surface area contributed by atoms with Crippen LogP contribution in [-0.2, 0) is 11.3 Å². The van der Waals surface area contributed by atoms with Crippen LogP contribution in [0.3, 0.4) is 0 Å². The fourth-order valence-electron chi connectivity index (χ4n) is 2.75. The molecule has 0 fully saturated rings. The topological polar surface area (TPSA) is 90.1 Å². The quantitative estimate of drug-likeness (QED) is 0.498. The van der Waals surface area contributed by atoms with Gasteiger partial charge in [0.2, 0.25) is 5.88 Å². The number of amides is 1. The molecule has 4 rings (SSSR count). The van der Waals surface area contributed by atoms with Crippen molar-refractivity contribution in [3.8, 4) is 17.1 Å². The summed E-state index contributed by atoms with van der Waals surface area (Å²) >= 11 is 5.94. The molecule has 152 valence electrons. The van der Waals surface area contributed by atoms with Crippen LogP contribution in [0.25, 0.3) is 22.4 Å². The van der Waals surface area contributed by atoms with E-state index < -0.39 is 17.5 Å². The molecule has 2 aromatic heterocycles. The van der Waals surface area contributed by atoms with Crippen molar-refractivity contribution < 1.29 is 22.8 Å². The molecule has 0 spiro atoms. The summed E-state index contributed by atoms with van der Waals surface area (Å²) in [5.41, 5.74) is 1.43. The van der Waals surface area contributed by atoms with Gasteiger partial charge in [-0.05, 0) is 29.8 Å². The summed E-state index contributed by atoms with van der Waals surface area (Å²) in [6.07, 6.45) is 1.20. The molecule has 0 unspecified atom stereocenters. The Hall–Kier alpha value is -3.59. The molecular formula is C20H13ClF2N4O3. The highest BCUT2D eigenvalue weighted by atomic mass is 35.5. The zero-order valence-corrected chi connectivity index (χ0v) is 16.0. The third kappa shape index (κ3) is 4.20. The van der Waals surface area contributed by atoms with Gasteiger partial charge >= 0.3 is 0 Å². The van der Waals surface area contributed by atoms with Crippen molar-refractivity contribution in [2.24, 2.45) is 0 Å². The molecule has 0 aliphatic heterocycles. The predicted octanol–water partition coefficient (Wildman–Crippen LogP) is 3.91. The van der Waals surface area contributed by atoms with Crippen molar-refractivity contribution in [3.05, 3.63) is 71.0 Å². The summed E-state index contributed by atoms with van der Waals surface area (Å²) in [6.45, 7) is -0.263. The van der Waals surface area contributed by atoms with E-state index in [9.17, 15) is 13.6 Å². The van der Waals surface area contributed by atoms with Crippen molar-refractivity contribution in [2.45, 2.75) is 6.54 Å². The largest absolute Gasteiger partial charge is 0.467 e. The van der Waals surface area contributed by atoms with Crippen molar-refractivity contribution in [1.29, 1.82) is 0 Å². The van der Waals surface area contributed by atoms with E-state index in [2.05, 4.69) is 20.4 Å². The number of fused-ring (bicyclic) bond motifs is 1. The van der Waals surface area contributed by atoms with Crippen molar-refractivity contribution in [2.75, 3.05) is 6.61 Å². The number of rotatable bonds is 6. The third-order valence-corrected chi connectivity index (χ3v) is 4.52. The van der Waals surface area contributed by atoms with Crippen LogP contribution in [0, 0.1) is 11.6 Å². The lowest BCUT2D eigenvalue weighted by molar-refractivity contribution is -0.123. The number of halogens is 3. The van der Waals surface area contributed by atoms with E-state index in [4.69, 9.17) is 20.9 Å². The van der Waals surface area contributed by atoms with Gasteiger partial charge in [0.05, 0.1) is 0 Å². The van der Waals surface area contributed by atoms with Crippen LogP contribution in [0.15, 0.2) is 53.3 Å². The van der Waals surface area contributed by atoms with Crippen LogP contribution < -0.4 is 10.1 Å². The van der Waals surface area contributed by atoms with Gasteiger partial charge in [0.1, 0.15) is 29.0 Å². The Morgan fingerprint density at radius 1 is 1.13 bits per heavy atom. The highest BCUT2D eigenvalue weighted by Gasteiger charge is 2.19. The average molecular weight is 431 g/mol. The average Bonchev–Trinajstić information content (AvgIpc) is 3.16. The van der Waals surface area contributed by atoms with Gasteiger partial charge in [0.25, 0.3) is 11.6 Å². The Kier molecular flexibility index (Phi) is 5.53. The number of aromatic nitrogens is 3. The molecule has 4 aromatic rings. The molecule has 0 saturated heterocycles. The maximum Gasteiger partial charge on any atom is 0.265 e. The molecule has 2 aromatic carbocycles. The minimum atomic E-state index is -0.464. The molecule has 10 heteroatoms. The van der Waals surface area contributed by atoms with Gasteiger partial charge in [-0.1, -0.05) is 35.0 Å². The standard InChI is InChI=1S/C20H13ClF2N4O3/c21-15-7-14(23)5-4-12(15)8-24-16(28)9-29-19-17-18(11-2-1-3-13(22)6-11)27-30-20(17)26-10-25-19/h1-7,10H,8-9H2,(H,24,28). The van der Waals surface area contributed by atoms with E-state index in [0.29, 0.717) is 22.2 Å². The van der Waals surface area contributed by atoms with Crippen LogP contribution in [0.5, 0.6) is 5.88 Å². The second kappa shape index (κ2) is 8.42. The third-order valence-electron chi connectivity index (χ3n) is 4.17. The van der Waals surface area contributed by atoms with Gasteiger partial charge in [0, 0.05) is 17.1 Å². The van der Waals surface area contributed by atoms with Gasteiger partial charge in [-0.2, -0.15) is 4.98 Å². The molecule has 1 N–H and O–H groups in total. The summed E-state index contributed by atoms with van der Waals surface area (Å²) < 4.78 is 37.4. The maximum atomic E-state index is 13.6. The number of carbonyl (C=O) groups is 1. The Morgan fingerprint density at radius 3 is 2.77 bits per heavy atom. The Morgan fingerprint density at radius 2 is 1.97 bits per heavy atom. The summed E-state index contributed by atoms with van der Waals surface area (Å²) in [4.78, 5) is 20.2. The first-order valence-electron chi connectivity index (χ1n) is 8.71. The minimum absolute atomic E-state index is 0.0653.